The highest BCUT2D eigenvalue weighted by atomic mass is 79.9. The Morgan fingerprint density at radius 1 is 1.40 bits per heavy atom. The van der Waals surface area contributed by atoms with Crippen LogP contribution in [0.4, 0.5) is 0 Å². The van der Waals surface area contributed by atoms with Crippen LogP contribution in [0, 0.1) is 5.92 Å². The molecule has 110 valence electrons. The molecule has 1 spiro atoms. The van der Waals surface area contributed by atoms with Crippen molar-refractivity contribution in [2.24, 2.45) is 11.1 Å². The Balaban J connectivity index is 0.000000163. The monoisotopic (exact) mass is 346 g/mol. The van der Waals surface area contributed by atoms with E-state index in [1.165, 1.54) is 19.5 Å². The number of hydrogen-bond acceptors (Lipinski definition) is 5. The number of oxime groups is 1. The Hall–Kier alpha value is -1.41. The van der Waals surface area contributed by atoms with Gasteiger partial charge in [0.15, 0.2) is 5.60 Å². The lowest BCUT2D eigenvalue weighted by molar-refractivity contribution is -0.134. The second-order valence-corrected chi connectivity index (χ2v) is 5.95. The first-order valence-corrected chi connectivity index (χ1v) is 6.97. The molecule has 20 heavy (non-hydrogen) atoms. The minimum absolute atomic E-state index is 0.0527. The molecule has 0 aromatic rings. The topological polar surface area (TPSA) is 99.4 Å². The van der Waals surface area contributed by atoms with Crippen LogP contribution in [0.3, 0.4) is 0 Å². The van der Waals surface area contributed by atoms with Crippen LogP contribution in [0.5, 0.6) is 0 Å². The van der Waals surface area contributed by atoms with Gasteiger partial charge in [0.25, 0.3) is 0 Å². The number of hydrogen-bond donors (Lipinski definition) is 2. The Bertz CT molecular complexity index is 462. The molecule has 0 aliphatic carbocycles. The van der Waals surface area contributed by atoms with Gasteiger partial charge in [-0.15, -0.1) is 0 Å². The number of piperidine rings is 1. The first kappa shape index (κ1) is 15.0. The van der Waals surface area contributed by atoms with E-state index < -0.39 is 11.9 Å². The van der Waals surface area contributed by atoms with Crippen LogP contribution in [0.1, 0.15) is 12.8 Å². The molecule has 0 amide bonds. The van der Waals surface area contributed by atoms with E-state index in [0.29, 0.717) is 12.2 Å². The van der Waals surface area contributed by atoms with Crippen molar-refractivity contribution in [2.75, 3.05) is 19.6 Å². The van der Waals surface area contributed by atoms with E-state index in [0.717, 1.165) is 23.5 Å². The molecule has 2 unspecified atom stereocenters. The predicted octanol–water partition coefficient (Wildman–Crippen LogP) is 0.901. The zero-order valence-electron chi connectivity index (χ0n) is 10.7. The first-order chi connectivity index (χ1) is 9.41. The van der Waals surface area contributed by atoms with Gasteiger partial charge in [-0.25, -0.2) is 9.59 Å². The third-order valence-electron chi connectivity index (χ3n) is 3.65. The number of carboxylic acids is 2. The summed E-state index contributed by atoms with van der Waals surface area (Å²) in [7, 11) is 0. The van der Waals surface area contributed by atoms with Crippen LogP contribution in [-0.4, -0.2) is 56.9 Å². The maximum Gasteiger partial charge on any atom is 0.328 e. The summed E-state index contributed by atoms with van der Waals surface area (Å²) >= 11 is 3.40. The van der Waals surface area contributed by atoms with Crippen LogP contribution in [0.2, 0.25) is 0 Å². The lowest BCUT2D eigenvalue weighted by Crippen LogP contribution is -2.42. The number of aliphatic carboxylic acids is 2. The van der Waals surface area contributed by atoms with Gasteiger partial charge in [0, 0.05) is 37.6 Å². The lowest BCUT2D eigenvalue weighted by atomic mass is 9.86. The molecule has 0 saturated carbocycles. The fourth-order valence-electron chi connectivity index (χ4n) is 2.81. The third-order valence-corrected chi connectivity index (χ3v) is 4.07. The number of rotatable bonds is 2. The molecule has 7 nitrogen and oxygen atoms in total. The average molecular weight is 347 g/mol. The smallest absolute Gasteiger partial charge is 0.328 e. The zero-order chi connectivity index (χ0) is 14.8. The first-order valence-electron chi connectivity index (χ1n) is 6.18. The van der Waals surface area contributed by atoms with Crippen LogP contribution >= 0.6 is 15.9 Å². The normalized spacial score (nSPS) is 33.8. The summed E-state index contributed by atoms with van der Waals surface area (Å²) in [5.41, 5.74) is 0.0527. The minimum Gasteiger partial charge on any atom is -0.478 e. The summed E-state index contributed by atoms with van der Waals surface area (Å²) in [6.45, 7) is 3.56. The molecule has 3 atom stereocenters. The van der Waals surface area contributed by atoms with Crippen molar-refractivity contribution in [1.82, 2.24) is 4.90 Å². The summed E-state index contributed by atoms with van der Waals surface area (Å²) in [6, 6.07) is 0. The summed E-state index contributed by atoms with van der Waals surface area (Å²) in [5, 5.41) is 19.6. The van der Waals surface area contributed by atoms with Crippen LogP contribution in [0.15, 0.2) is 17.3 Å². The van der Waals surface area contributed by atoms with Crippen molar-refractivity contribution in [3.8, 4) is 0 Å². The van der Waals surface area contributed by atoms with Gasteiger partial charge in [-0.2, -0.15) is 0 Å². The van der Waals surface area contributed by atoms with Gasteiger partial charge in [-0.3, -0.25) is 4.90 Å². The predicted molar refractivity (Wildman–Crippen MR) is 73.8 cm³/mol. The third kappa shape index (κ3) is 3.37. The van der Waals surface area contributed by atoms with Crippen molar-refractivity contribution < 1.29 is 24.6 Å². The molecule has 0 aromatic carbocycles. The second-order valence-electron chi connectivity index (χ2n) is 5.03. The quantitative estimate of drug-likeness (QED) is 0.720. The van der Waals surface area contributed by atoms with E-state index in [2.05, 4.69) is 26.0 Å². The fraction of sp³-hybridized carbons (Fsp3) is 0.583. The molecular weight excluding hydrogens is 332 g/mol. The number of carboxylic acid groups (broad SMARTS) is 2. The summed E-state index contributed by atoms with van der Waals surface area (Å²) in [6.07, 6.45) is 3.38. The molecule has 2 saturated heterocycles. The molecule has 2 fully saturated rings. The highest BCUT2D eigenvalue weighted by Crippen LogP contribution is 2.44. The standard InChI is InChI=1S/C8H11BrN2O.C4H4O4/c9-7-3-8(12-10-7)5-11-2-1-6(8)4-11;5-3(6)1-2-4(7)8/h6H,1-5H2;1-2H,(H,5,6)(H,7,8)/b;2-1+/t6-,8?;/m0./s1. The molecule has 8 heteroatoms. The molecule has 3 heterocycles. The van der Waals surface area contributed by atoms with Gasteiger partial charge >= 0.3 is 11.9 Å². The summed E-state index contributed by atoms with van der Waals surface area (Å²) in [4.78, 5) is 27.1. The Kier molecular flexibility index (Phi) is 4.44. The minimum atomic E-state index is -1.26. The van der Waals surface area contributed by atoms with Crippen LogP contribution in [0.25, 0.3) is 0 Å². The van der Waals surface area contributed by atoms with Gasteiger partial charge in [0.05, 0.1) is 0 Å². The molecule has 2 N–H and O–H groups in total. The second kappa shape index (κ2) is 5.92. The number of nitrogens with zero attached hydrogens (tertiary/aromatic N) is 2. The van der Waals surface area contributed by atoms with Gasteiger partial charge in [0.2, 0.25) is 0 Å². The average Bonchev–Trinajstić information content (AvgIpc) is 3.04. The molecule has 3 aliphatic rings. The van der Waals surface area contributed by atoms with Crippen molar-refractivity contribution >= 4 is 32.5 Å². The zero-order valence-corrected chi connectivity index (χ0v) is 12.2. The molecule has 3 rings (SSSR count). The van der Waals surface area contributed by atoms with E-state index in [9.17, 15) is 9.59 Å². The highest BCUT2D eigenvalue weighted by Gasteiger charge is 2.55. The van der Waals surface area contributed by atoms with Crippen molar-refractivity contribution in [3.05, 3.63) is 12.2 Å². The maximum atomic E-state index is 9.55. The Morgan fingerprint density at radius 3 is 2.40 bits per heavy atom. The SMILES string of the molecule is BrC1=NOC2(C1)CN1CC[C@H]2C1.O=C(O)/C=C/C(=O)O. The van der Waals surface area contributed by atoms with E-state index in [1.54, 1.807) is 0 Å². The molecular formula is C12H15BrN2O5. The van der Waals surface area contributed by atoms with Crippen molar-refractivity contribution in [3.63, 3.8) is 0 Å². The van der Waals surface area contributed by atoms with E-state index >= 15 is 0 Å². The molecule has 3 aliphatic heterocycles. The van der Waals surface area contributed by atoms with E-state index in [-0.39, 0.29) is 5.60 Å². The van der Waals surface area contributed by atoms with Crippen molar-refractivity contribution in [1.29, 1.82) is 0 Å². The van der Waals surface area contributed by atoms with Gasteiger partial charge in [-0.05, 0) is 28.9 Å². The lowest BCUT2D eigenvalue weighted by Gasteiger charge is -2.30. The highest BCUT2D eigenvalue weighted by molar-refractivity contribution is 9.18. The molecule has 2 bridgehead atoms. The van der Waals surface area contributed by atoms with E-state index in [4.69, 9.17) is 15.1 Å². The van der Waals surface area contributed by atoms with Crippen LogP contribution in [-0.2, 0) is 14.4 Å². The van der Waals surface area contributed by atoms with Gasteiger partial charge in [-0.1, -0.05) is 5.16 Å². The summed E-state index contributed by atoms with van der Waals surface area (Å²) < 4.78 is 0.983. The van der Waals surface area contributed by atoms with Crippen LogP contribution < -0.4 is 0 Å². The Labute approximate surface area is 124 Å². The van der Waals surface area contributed by atoms with Gasteiger partial charge in [0.1, 0.15) is 4.62 Å². The molecule has 0 radical (unpaired) electrons. The maximum absolute atomic E-state index is 9.55. The summed E-state index contributed by atoms with van der Waals surface area (Å²) in [5.74, 6) is -1.80. The Morgan fingerprint density at radius 2 is 2.05 bits per heavy atom. The van der Waals surface area contributed by atoms with E-state index in [1.807, 2.05) is 0 Å². The van der Waals surface area contributed by atoms with Crippen molar-refractivity contribution in [2.45, 2.75) is 18.4 Å². The largest absolute Gasteiger partial charge is 0.478 e. The number of halogens is 1. The fourth-order valence-corrected chi connectivity index (χ4v) is 3.36. The number of carbonyl (C=O) groups is 2. The number of fused-ring (bicyclic) bond motifs is 3. The molecule has 0 aromatic heterocycles. The van der Waals surface area contributed by atoms with Gasteiger partial charge < -0.3 is 15.1 Å².